The molecule has 0 radical (unpaired) electrons. The average molecular weight is 251 g/mol. The van der Waals surface area contributed by atoms with Gasteiger partial charge in [0.25, 0.3) is 0 Å². The van der Waals surface area contributed by atoms with Crippen molar-refractivity contribution in [1.29, 1.82) is 0 Å². The fraction of sp³-hybridized carbons (Fsp3) is 0.462. The molecule has 4 heteroatoms. The van der Waals surface area contributed by atoms with Gasteiger partial charge in [0.15, 0.2) is 0 Å². The maximum atomic E-state index is 10.8. The number of anilines is 1. The molecule has 0 aromatic heterocycles. The van der Waals surface area contributed by atoms with Gasteiger partial charge in [0.1, 0.15) is 5.75 Å². The fourth-order valence-corrected chi connectivity index (χ4v) is 2.03. The van der Waals surface area contributed by atoms with Crippen molar-refractivity contribution < 1.29 is 9.53 Å². The Morgan fingerprint density at radius 1 is 1.24 bits per heavy atom. The number of hydrogen-bond acceptors (Lipinski definition) is 2. The molecule has 94 valence electrons. The van der Waals surface area contributed by atoms with Crippen LogP contribution in [0.25, 0.3) is 0 Å². The number of hydrogen-bond donors (Lipinski definition) is 1. The molecule has 0 heterocycles. The van der Waals surface area contributed by atoms with E-state index in [2.05, 4.69) is 25.0 Å². The Morgan fingerprint density at radius 2 is 1.82 bits per heavy atom. The Labute approximate surface area is 104 Å². The molecule has 1 N–H and O–H groups in total. The summed E-state index contributed by atoms with van der Waals surface area (Å²) in [5.41, 5.74) is 0.801. The SMILES string of the molecule is CC(=O)Nc1ccc(OCC[Si](C)(C)C)cc1. The molecule has 0 aliphatic rings. The highest BCUT2D eigenvalue weighted by atomic mass is 28.3. The largest absolute Gasteiger partial charge is 0.494 e. The Bertz CT molecular complexity index is 368. The average Bonchev–Trinajstić information content (AvgIpc) is 2.18. The lowest BCUT2D eigenvalue weighted by molar-refractivity contribution is -0.114. The van der Waals surface area contributed by atoms with Crippen LogP contribution in [0.2, 0.25) is 25.7 Å². The van der Waals surface area contributed by atoms with Gasteiger partial charge in [0, 0.05) is 20.7 Å². The van der Waals surface area contributed by atoms with Crippen molar-refractivity contribution in [1.82, 2.24) is 0 Å². The van der Waals surface area contributed by atoms with Crippen molar-refractivity contribution in [3.63, 3.8) is 0 Å². The van der Waals surface area contributed by atoms with Crippen LogP contribution < -0.4 is 10.1 Å². The predicted octanol–water partition coefficient (Wildman–Crippen LogP) is 3.36. The molecule has 0 bridgehead atoms. The third kappa shape index (κ3) is 6.11. The minimum atomic E-state index is -1.03. The van der Waals surface area contributed by atoms with Crippen LogP contribution in [0.1, 0.15) is 6.92 Å². The Balaban J connectivity index is 2.43. The van der Waals surface area contributed by atoms with Gasteiger partial charge in [-0.05, 0) is 30.3 Å². The van der Waals surface area contributed by atoms with Crippen LogP contribution in [0.3, 0.4) is 0 Å². The van der Waals surface area contributed by atoms with Crippen molar-refractivity contribution in [2.75, 3.05) is 11.9 Å². The molecule has 1 rings (SSSR count). The molecule has 0 saturated carbocycles. The molecule has 0 aliphatic heterocycles. The first-order valence-electron chi connectivity index (χ1n) is 5.87. The second kappa shape index (κ2) is 5.86. The first-order chi connectivity index (χ1) is 7.87. The molecular weight excluding hydrogens is 230 g/mol. The topological polar surface area (TPSA) is 38.3 Å². The molecule has 3 nitrogen and oxygen atoms in total. The minimum Gasteiger partial charge on any atom is -0.494 e. The highest BCUT2D eigenvalue weighted by molar-refractivity contribution is 6.76. The lowest BCUT2D eigenvalue weighted by Crippen LogP contribution is -2.22. The first-order valence-corrected chi connectivity index (χ1v) is 9.58. The second-order valence-corrected chi connectivity index (χ2v) is 11.0. The highest BCUT2D eigenvalue weighted by Crippen LogP contribution is 2.17. The van der Waals surface area contributed by atoms with Gasteiger partial charge >= 0.3 is 0 Å². The molecule has 0 spiro atoms. The second-order valence-electron chi connectivity index (χ2n) is 5.36. The molecule has 17 heavy (non-hydrogen) atoms. The molecule has 0 fully saturated rings. The van der Waals surface area contributed by atoms with Crippen molar-refractivity contribution in [2.24, 2.45) is 0 Å². The maximum Gasteiger partial charge on any atom is 0.221 e. The molecule has 0 saturated heterocycles. The van der Waals surface area contributed by atoms with Gasteiger partial charge in [-0.15, -0.1) is 0 Å². The fourth-order valence-electron chi connectivity index (χ4n) is 1.31. The summed E-state index contributed by atoms with van der Waals surface area (Å²) in [5, 5.41) is 2.72. The van der Waals surface area contributed by atoms with Crippen LogP contribution in [0, 0.1) is 0 Å². The minimum absolute atomic E-state index is 0.0580. The lowest BCUT2D eigenvalue weighted by Gasteiger charge is -2.16. The summed E-state index contributed by atoms with van der Waals surface area (Å²) in [5.74, 6) is 0.801. The van der Waals surface area contributed by atoms with Crippen molar-refractivity contribution >= 4 is 19.7 Å². The quantitative estimate of drug-likeness (QED) is 0.815. The number of ether oxygens (including phenoxy) is 1. The van der Waals surface area contributed by atoms with E-state index in [1.54, 1.807) is 0 Å². The van der Waals surface area contributed by atoms with Gasteiger partial charge in [-0.3, -0.25) is 4.79 Å². The van der Waals surface area contributed by atoms with Crippen LogP contribution in [-0.4, -0.2) is 20.6 Å². The van der Waals surface area contributed by atoms with E-state index in [4.69, 9.17) is 4.74 Å². The summed E-state index contributed by atoms with van der Waals surface area (Å²) in [6.45, 7) is 9.26. The predicted molar refractivity (Wildman–Crippen MR) is 74.4 cm³/mol. The highest BCUT2D eigenvalue weighted by Gasteiger charge is 2.12. The van der Waals surface area contributed by atoms with E-state index < -0.39 is 8.07 Å². The van der Waals surface area contributed by atoms with Crippen LogP contribution in [0.15, 0.2) is 24.3 Å². The Morgan fingerprint density at radius 3 is 2.29 bits per heavy atom. The van der Waals surface area contributed by atoms with Gasteiger partial charge in [0.05, 0.1) is 6.61 Å². The van der Waals surface area contributed by atoms with E-state index in [-0.39, 0.29) is 5.91 Å². The van der Waals surface area contributed by atoms with E-state index in [9.17, 15) is 4.79 Å². The van der Waals surface area contributed by atoms with Crippen LogP contribution >= 0.6 is 0 Å². The van der Waals surface area contributed by atoms with E-state index in [0.29, 0.717) is 0 Å². The van der Waals surface area contributed by atoms with Crippen molar-refractivity contribution in [3.05, 3.63) is 24.3 Å². The normalized spacial score (nSPS) is 11.1. The number of carbonyl (C=O) groups is 1. The lowest BCUT2D eigenvalue weighted by atomic mass is 10.3. The van der Waals surface area contributed by atoms with Gasteiger partial charge in [0.2, 0.25) is 5.91 Å². The first kappa shape index (κ1) is 13.8. The summed E-state index contributed by atoms with van der Waals surface area (Å²) in [7, 11) is -1.03. The zero-order valence-corrected chi connectivity index (χ0v) is 12.0. The van der Waals surface area contributed by atoms with Gasteiger partial charge in [-0.2, -0.15) is 0 Å². The Hall–Kier alpha value is -1.29. The Kier molecular flexibility index (Phi) is 4.75. The zero-order valence-electron chi connectivity index (χ0n) is 11.0. The van der Waals surface area contributed by atoms with Crippen molar-refractivity contribution in [2.45, 2.75) is 32.6 Å². The molecular formula is C13H21NO2Si. The monoisotopic (exact) mass is 251 g/mol. The van der Waals surface area contributed by atoms with Crippen LogP contribution in [0.5, 0.6) is 5.75 Å². The van der Waals surface area contributed by atoms with Crippen molar-refractivity contribution in [3.8, 4) is 5.75 Å². The van der Waals surface area contributed by atoms with Crippen LogP contribution in [0.4, 0.5) is 5.69 Å². The van der Waals surface area contributed by atoms with Gasteiger partial charge < -0.3 is 10.1 Å². The number of benzene rings is 1. The zero-order chi connectivity index (χ0) is 12.9. The molecule has 1 aromatic carbocycles. The van der Waals surface area contributed by atoms with Crippen LogP contribution in [-0.2, 0) is 4.79 Å². The van der Waals surface area contributed by atoms with Gasteiger partial charge in [-0.1, -0.05) is 19.6 Å². The molecule has 1 aromatic rings. The third-order valence-corrected chi connectivity index (χ3v) is 4.00. The summed E-state index contributed by atoms with van der Waals surface area (Å²) in [6, 6.07) is 8.63. The van der Waals surface area contributed by atoms with E-state index >= 15 is 0 Å². The number of rotatable bonds is 5. The smallest absolute Gasteiger partial charge is 0.221 e. The number of amides is 1. The maximum absolute atomic E-state index is 10.8. The molecule has 0 aliphatic carbocycles. The summed E-state index contributed by atoms with van der Waals surface area (Å²) in [6.07, 6.45) is 0. The summed E-state index contributed by atoms with van der Waals surface area (Å²) < 4.78 is 5.66. The number of carbonyl (C=O) groups excluding carboxylic acids is 1. The van der Waals surface area contributed by atoms with E-state index in [1.807, 2.05) is 24.3 Å². The van der Waals surface area contributed by atoms with Gasteiger partial charge in [-0.25, -0.2) is 0 Å². The standard InChI is InChI=1S/C13H21NO2Si/c1-11(15)14-12-5-7-13(8-6-12)16-9-10-17(2,3)4/h5-8H,9-10H2,1-4H3,(H,14,15). The molecule has 0 unspecified atom stereocenters. The summed E-state index contributed by atoms with van der Waals surface area (Å²) in [4.78, 5) is 10.8. The molecule has 0 atom stereocenters. The molecule has 1 amide bonds. The van der Waals surface area contributed by atoms with E-state index in [0.717, 1.165) is 24.1 Å². The number of nitrogens with one attached hydrogen (secondary N) is 1. The van der Waals surface area contributed by atoms with E-state index in [1.165, 1.54) is 6.92 Å². The third-order valence-electron chi connectivity index (χ3n) is 2.30. The summed E-state index contributed by atoms with van der Waals surface area (Å²) >= 11 is 0.